The lowest BCUT2D eigenvalue weighted by molar-refractivity contribution is -0.115. The van der Waals surface area contributed by atoms with Gasteiger partial charge >= 0.3 is 5.97 Å². The lowest BCUT2D eigenvalue weighted by Crippen LogP contribution is -2.14. The Kier molecular flexibility index (Phi) is 5.27. The molecule has 0 saturated heterocycles. The van der Waals surface area contributed by atoms with Gasteiger partial charge in [-0.1, -0.05) is 23.5 Å². The third-order valence-electron chi connectivity index (χ3n) is 3.86. The summed E-state index contributed by atoms with van der Waals surface area (Å²) in [5, 5.41) is 30.7. The molecule has 0 aliphatic heterocycles. The van der Waals surface area contributed by atoms with Crippen LogP contribution in [-0.4, -0.2) is 32.2 Å². The number of fused-ring (bicyclic) bond motifs is 1. The molecule has 3 aromatic rings. The lowest BCUT2D eigenvalue weighted by atomic mass is 10.1. The standard InChI is InChI=1S/C18H16N2O5S/c21-8-12-6-14-15(7-13(12)9-22)26-18(19-14)20-16(23)5-10-1-3-11(4-2-10)17(24)25/h1-4,6-7,21-22H,5,8-9H2,(H,24,25)(H,19,20,23). The molecule has 0 atom stereocenters. The monoisotopic (exact) mass is 372 g/mol. The van der Waals surface area contributed by atoms with Crippen LogP contribution in [0.5, 0.6) is 0 Å². The molecule has 0 bridgehead atoms. The van der Waals surface area contributed by atoms with E-state index in [2.05, 4.69) is 10.3 Å². The topological polar surface area (TPSA) is 120 Å². The van der Waals surface area contributed by atoms with Gasteiger partial charge < -0.3 is 20.6 Å². The number of nitrogens with one attached hydrogen (secondary N) is 1. The van der Waals surface area contributed by atoms with Crippen LogP contribution in [-0.2, 0) is 24.4 Å². The van der Waals surface area contributed by atoms with Gasteiger partial charge in [0.05, 0.1) is 35.4 Å². The van der Waals surface area contributed by atoms with E-state index >= 15 is 0 Å². The molecular weight excluding hydrogens is 356 g/mol. The van der Waals surface area contributed by atoms with Crippen LogP contribution >= 0.6 is 11.3 Å². The Labute approximate surface area is 152 Å². The number of carbonyl (C=O) groups is 2. The number of aromatic nitrogens is 1. The van der Waals surface area contributed by atoms with Crippen molar-refractivity contribution in [1.82, 2.24) is 4.98 Å². The number of aliphatic hydroxyl groups is 2. The lowest BCUT2D eigenvalue weighted by Gasteiger charge is -2.03. The molecule has 0 radical (unpaired) electrons. The van der Waals surface area contributed by atoms with Crippen molar-refractivity contribution in [2.45, 2.75) is 19.6 Å². The average Bonchev–Trinajstić information content (AvgIpc) is 3.01. The predicted octanol–water partition coefficient (Wildman–Crippen LogP) is 2.16. The number of carbonyl (C=O) groups excluding carboxylic acids is 1. The first kappa shape index (κ1) is 18.0. The number of amides is 1. The van der Waals surface area contributed by atoms with Crippen molar-refractivity contribution in [1.29, 1.82) is 0 Å². The summed E-state index contributed by atoms with van der Waals surface area (Å²) in [6, 6.07) is 9.55. The Hall–Kier alpha value is -2.81. The zero-order chi connectivity index (χ0) is 18.7. The van der Waals surface area contributed by atoms with E-state index in [0.717, 1.165) is 4.70 Å². The fourth-order valence-corrected chi connectivity index (χ4v) is 3.45. The van der Waals surface area contributed by atoms with Gasteiger partial charge in [-0.2, -0.15) is 0 Å². The average molecular weight is 372 g/mol. The Morgan fingerprint density at radius 1 is 1.04 bits per heavy atom. The molecule has 8 heteroatoms. The highest BCUT2D eigenvalue weighted by molar-refractivity contribution is 7.22. The van der Waals surface area contributed by atoms with Crippen LogP contribution in [0.1, 0.15) is 27.0 Å². The summed E-state index contributed by atoms with van der Waals surface area (Å²) < 4.78 is 0.798. The number of carboxylic acid groups (broad SMARTS) is 1. The quantitative estimate of drug-likeness (QED) is 0.526. The summed E-state index contributed by atoms with van der Waals surface area (Å²) >= 11 is 1.28. The maximum atomic E-state index is 12.2. The molecule has 0 saturated carbocycles. The normalized spacial score (nSPS) is 10.8. The number of carboxylic acids is 1. The fourth-order valence-electron chi connectivity index (χ4n) is 2.52. The second-order valence-electron chi connectivity index (χ2n) is 5.65. The highest BCUT2D eigenvalue weighted by atomic mass is 32.1. The minimum atomic E-state index is -1.01. The van der Waals surface area contributed by atoms with Crippen molar-refractivity contribution >= 4 is 38.6 Å². The zero-order valence-electron chi connectivity index (χ0n) is 13.6. The van der Waals surface area contributed by atoms with Crippen LogP contribution in [0.4, 0.5) is 5.13 Å². The molecule has 0 aliphatic carbocycles. The number of aromatic carboxylic acids is 1. The third-order valence-corrected chi connectivity index (χ3v) is 4.80. The van der Waals surface area contributed by atoms with Gasteiger partial charge in [0, 0.05) is 0 Å². The summed E-state index contributed by atoms with van der Waals surface area (Å²) in [4.78, 5) is 27.3. The molecule has 1 amide bonds. The molecule has 134 valence electrons. The van der Waals surface area contributed by atoms with Crippen molar-refractivity contribution in [3.63, 3.8) is 0 Å². The Bertz CT molecular complexity index is 925. The predicted molar refractivity (Wildman–Crippen MR) is 97.2 cm³/mol. The molecule has 2 aromatic carbocycles. The number of anilines is 1. The fraction of sp³-hybridized carbons (Fsp3) is 0.167. The van der Waals surface area contributed by atoms with E-state index in [4.69, 9.17) is 5.11 Å². The van der Waals surface area contributed by atoms with Gasteiger partial charge in [-0.15, -0.1) is 0 Å². The first-order chi connectivity index (χ1) is 12.5. The van der Waals surface area contributed by atoms with Gasteiger partial charge in [0.1, 0.15) is 0 Å². The van der Waals surface area contributed by atoms with Gasteiger partial charge in [0.15, 0.2) is 5.13 Å². The number of nitrogens with zero attached hydrogens (tertiary/aromatic N) is 1. The van der Waals surface area contributed by atoms with E-state index < -0.39 is 5.97 Å². The SMILES string of the molecule is O=C(Cc1ccc(C(=O)O)cc1)Nc1nc2cc(CO)c(CO)cc2s1. The Morgan fingerprint density at radius 3 is 2.31 bits per heavy atom. The van der Waals surface area contributed by atoms with E-state index in [1.807, 2.05) is 0 Å². The minimum Gasteiger partial charge on any atom is -0.478 e. The Morgan fingerprint density at radius 2 is 1.69 bits per heavy atom. The van der Waals surface area contributed by atoms with Gasteiger partial charge in [-0.05, 0) is 41.0 Å². The molecule has 1 heterocycles. The number of rotatable bonds is 6. The second kappa shape index (κ2) is 7.61. The second-order valence-corrected chi connectivity index (χ2v) is 6.68. The van der Waals surface area contributed by atoms with E-state index in [-0.39, 0.29) is 31.1 Å². The first-order valence-electron chi connectivity index (χ1n) is 7.76. The number of hydrogen-bond acceptors (Lipinski definition) is 6. The van der Waals surface area contributed by atoms with Crippen LogP contribution < -0.4 is 5.32 Å². The molecule has 7 nitrogen and oxygen atoms in total. The molecule has 26 heavy (non-hydrogen) atoms. The van der Waals surface area contributed by atoms with Crippen molar-refractivity contribution in [2.24, 2.45) is 0 Å². The van der Waals surface area contributed by atoms with Crippen molar-refractivity contribution in [3.8, 4) is 0 Å². The molecule has 4 N–H and O–H groups in total. The third kappa shape index (κ3) is 3.88. The van der Waals surface area contributed by atoms with Crippen molar-refractivity contribution in [2.75, 3.05) is 5.32 Å². The zero-order valence-corrected chi connectivity index (χ0v) is 14.4. The Balaban J connectivity index is 1.73. The largest absolute Gasteiger partial charge is 0.478 e. The van der Waals surface area contributed by atoms with Crippen LogP contribution in [0.3, 0.4) is 0 Å². The number of aliphatic hydroxyl groups excluding tert-OH is 2. The summed E-state index contributed by atoms with van der Waals surface area (Å²) in [5.74, 6) is -1.28. The highest BCUT2D eigenvalue weighted by Crippen LogP contribution is 2.29. The molecule has 0 spiro atoms. The van der Waals surface area contributed by atoms with E-state index in [1.54, 1.807) is 24.3 Å². The van der Waals surface area contributed by atoms with Crippen LogP contribution in [0.25, 0.3) is 10.2 Å². The van der Waals surface area contributed by atoms with Gasteiger partial charge in [-0.25, -0.2) is 9.78 Å². The first-order valence-corrected chi connectivity index (χ1v) is 8.58. The van der Waals surface area contributed by atoms with E-state index in [0.29, 0.717) is 27.3 Å². The number of benzene rings is 2. The molecule has 0 fully saturated rings. The van der Waals surface area contributed by atoms with E-state index in [1.165, 1.54) is 23.5 Å². The maximum Gasteiger partial charge on any atom is 0.335 e. The molecule has 1 aromatic heterocycles. The number of thiazole rings is 1. The van der Waals surface area contributed by atoms with Gasteiger partial charge in [0.2, 0.25) is 5.91 Å². The molecule has 0 unspecified atom stereocenters. The maximum absolute atomic E-state index is 12.2. The van der Waals surface area contributed by atoms with Gasteiger partial charge in [-0.3, -0.25) is 4.79 Å². The van der Waals surface area contributed by atoms with Crippen LogP contribution in [0, 0.1) is 0 Å². The van der Waals surface area contributed by atoms with Crippen LogP contribution in [0.2, 0.25) is 0 Å². The van der Waals surface area contributed by atoms with Gasteiger partial charge in [0.25, 0.3) is 0 Å². The summed E-state index contributed by atoms with van der Waals surface area (Å²) in [5.41, 5.74) is 2.72. The van der Waals surface area contributed by atoms with Crippen molar-refractivity contribution in [3.05, 3.63) is 58.7 Å². The minimum absolute atomic E-state index is 0.0968. The molecule has 3 rings (SSSR count). The number of hydrogen-bond donors (Lipinski definition) is 4. The summed E-state index contributed by atoms with van der Waals surface area (Å²) in [7, 11) is 0. The van der Waals surface area contributed by atoms with Crippen molar-refractivity contribution < 1.29 is 24.9 Å². The molecule has 0 aliphatic rings. The smallest absolute Gasteiger partial charge is 0.335 e. The van der Waals surface area contributed by atoms with Crippen LogP contribution in [0.15, 0.2) is 36.4 Å². The summed E-state index contributed by atoms with van der Waals surface area (Å²) in [6.07, 6.45) is 0.0968. The highest BCUT2D eigenvalue weighted by Gasteiger charge is 2.12. The molecular formula is C18H16N2O5S. The van der Waals surface area contributed by atoms with E-state index in [9.17, 15) is 19.8 Å². The summed E-state index contributed by atoms with van der Waals surface area (Å²) in [6.45, 7) is -0.380.